The first kappa shape index (κ1) is 33.9. The Labute approximate surface area is 355 Å². The van der Waals surface area contributed by atoms with Crippen molar-refractivity contribution in [2.45, 2.75) is 5.41 Å². The zero-order valence-corrected chi connectivity index (χ0v) is 34.1. The lowest BCUT2D eigenvalue weighted by molar-refractivity contribution is 0.768. The number of fused-ring (bicyclic) bond motifs is 13. The van der Waals surface area contributed by atoms with Crippen molar-refractivity contribution in [3.8, 4) is 11.1 Å². The second-order valence-electron chi connectivity index (χ2n) is 15.9. The molecule has 0 bridgehead atoms. The van der Waals surface area contributed by atoms with E-state index < -0.39 is 5.41 Å². The summed E-state index contributed by atoms with van der Waals surface area (Å²) in [5, 5.41) is 10.3. The third-order valence-corrected chi connectivity index (χ3v) is 15.5. The maximum absolute atomic E-state index is 2.61. The summed E-state index contributed by atoms with van der Waals surface area (Å²) in [5.74, 6) is 0. The van der Waals surface area contributed by atoms with Crippen LogP contribution in [0, 0.1) is 0 Å². The highest BCUT2D eigenvalue weighted by Gasteiger charge is 2.47. The molecule has 0 fully saturated rings. The Bertz CT molecular complexity index is 3480. The number of thiophene rings is 2. The topological polar surface area (TPSA) is 3.24 Å². The Morgan fingerprint density at radius 2 is 0.733 bits per heavy atom. The summed E-state index contributed by atoms with van der Waals surface area (Å²) in [6.45, 7) is 0. The first-order chi connectivity index (χ1) is 29.8. The standard InChI is InChI=1S/C57H35NS2/c1-3-18-38(19-4-1)57(39-20-5-2-6-21-39)47-27-12-11-24-46(47)52-48(57)28-15-29-49(52)58(50-30-13-25-42-44-34-32-36-16-7-9-22-40(36)53(44)59-55(42)50)51-31-14-26-43-45-35-33-37-17-8-10-23-41(37)54(45)60-56(43)51/h1-35H. The fraction of sp³-hybridized carbons (Fsp3) is 0.0175. The van der Waals surface area contributed by atoms with Gasteiger partial charge in [-0.05, 0) is 67.6 Å². The van der Waals surface area contributed by atoms with Gasteiger partial charge in [0.1, 0.15) is 0 Å². The van der Waals surface area contributed by atoms with Crippen LogP contribution in [0.1, 0.15) is 22.3 Å². The van der Waals surface area contributed by atoms with Gasteiger partial charge in [0.05, 0.1) is 31.9 Å². The molecule has 2 heterocycles. The highest BCUT2D eigenvalue weighted by atomic mass is 32.1. The predicted molar refractivity (Wildman–Crippen MR) is 259 cm³/mol. The molecular weight excluding hydrogens is 763 g/mol. The highest BCUT2D eigenvalue weighted by molar-refractivity contribution is 7.28. The Kier molecular flexibility index (Phi) is 7.33. The number of hydrogen-bond donors (Lipinski definition) is 0. The summed E-state index contributed by atoms with van der Waals surface area (Å²) in [6.07, 6.45) is 0. The highest BCUT2D eigenvalue weighted by Crippen LogP contribution is 2.61. The van der Waals surface area contributed by atoms with E-state index in [1.165, 1.54) is 112 Å². The number of nitrogens with zero attached hydrogens (tertiary/aromatic N) is 1. The van der Waals surface area contributed by atoms with Gasteiger partial charge in [-0.1, -0.05) is 194 Å². The zero-order valence-electron chi connectivity index (χ0n) is 32.5. The monoisotopic (exact) mass is 797 g/mol. The van der Waals surface area contributed by atoms with Crippen LogP contribution >= 0.6 is 22.7 Å². The molecule has 0 radical (unpaired) electrons. The Balaban J connectivity index is 1.18. The first-order valence-electron chi connectivity index (χ1n) is 20.6. The molecule has 0 aliphatic heterocycles. The van der Waals surface area contributed by atoms with Crippen molar-refractivity contribution in [1.82, 2.24) is 0 Å². The molecule has 0 saturated carbocycles. The minimum atomic E-state index is -0.513. The van der Waals surface area contributed by atoms with Crippen molar-refractivity contribution in [2.24, 2.45) is 0 Å². The van der Waals surface area contributed by atoms with Crippen molar-refractivity contribution in [1.29, 1.82) is 0 Å². The van der Waals surface area contributed by atoms with Crippen LogP contribution in [0.3, 0.4) is 0 Å². The smallest absolute Gasteiger partial charge is 0.0714 e. The summed E-state index contributed by atoms with van der Waals surface area (Å²) < 4.78 is 5.23. The van der Waals surface area contributed by atoms with E-state index in [1.54, 1.807) is 0 Å². The third-order valence-electron chi connectivity index (χ3n) is 12.9. The van der Waals surface area contributed by atoms with Gasteiger partial charge in [0.25, 0.3) is 0 Å². The van der Waals surface area contributed by atoms with Crippen molar-refractivity contribution in [3.63, 3.8) is 0 Å². The zero-order chi connectivity index (χ0) is 39.4. The second kappa shape index (κ2) is 13.0. The Hall–Kier alpha value is -7.04. The van der Waals surface area contributed by atoms with Crippen molar-refractivity contribution >= 4 is 102 Å². The molecule has 1 aliphatic rings. The molecule has 10 aromatic carbocycles. The number of anilines is 3. The summed E-state index contributed by atoms with van der Waals surface area (Å²) in [5.41, 5.74) is 10.7. The van der Waals surface area contributed by atoms with E-state index in [0.717, 1.165) is 0 Å². The van der Waals surface area contributed by atoms with Crippen LogP contribution < -0.4 is 4.90 Å². The third kappa shape index (κ3) is 4.62. The average molecular weight is 798 g/mol. The molecule has 1 nitrogen and oxygen atoms in total. The van der Waals surface area contributed by atoms with Crippen LogP contribution in [0.2, 0.25) is 0 Å². The molecule has 280 valence electrons. The lowest BCUT2D eigenvalue weighted by Crippen LogP contribution is -2.28. The van der Waals surface area contributed by atoms with Gasteiger partial charge < -0.3 is 4.90 Å². The van der Waals surface area contributed by atoms with Crippen LogP contribution in [-0.4, -0.2) is 0 Å². The molecule has 60 heavy (non-hydrogen) atoms. The van der Waals surface area contributed by atoms with Crippen molar-refractivity contribution in [2.75, 3.05) is 4.90 Å². The Morgan fingerprint density at radius 3 is 1.32 bits per heavy atom. The van der Waals surface area contributed by atoms with Gasteiger partial charge in [-0.25, -0.2) is 0 Å². The molecule has 0 atom stereocenters. The molecule has 0 amide bonds. The van der Waals surface area contributed by atoms with E-state index in [-0.39, 0.29) is 0 Å². The van der Waals surface area contributed by atoms with Crippen LogP contribution in [0.4, 0.5) is 17.1 Å². The Morgan fingerprint density at radius 1 is 0.300 bits per heavy atom. The van der Waals surface area contributed by atoms with Crippen molar-refractivity contribution < 1.29 is 0 Å². The van der Waals surface area contributed by atoms with Gasteiger partial charge in [0, 0.05) is 36.5 Å². The van der Waals surface area contributed by atoms with E-state index in [9.17, 15) is 0 Å². The van der Waals surface area contributed by atoms with Crippen LogP contribution in [0.25, 0.3) is 73.0 Å². The fourth-order valence-electron chi connectivity index (χ4n) is 10.4. The molecule has 1 aliphatic carbocycles. The normalized spacial score (nSPS) is 13.1. The minimum absolute atomic E-state index is 0.513. The molecule has 0 saturated heterocycles. The van der Waals surface area contributed by atoms with Gasteiger partial charge in [-0.15, -0.1) is 22.7 Å². The van der Waals surface area contributed by atoms with Gasteiger partial charge >= 0.3 is 0 Å². The first-order valence-corrected chi connectivity index (χ1v) is 22.2. The quantitative estimate of drug-likeness (QED) is 0.168. The predicted octanol–water partition coefficient (Wildman–Crippen LogP) is 16.6. The average Bonchev–Trinajstić information content (AvgIpc) is 4.00. The lowest BCUT2D eigenvalue weighted by atomic mass is 9.68. The number of hydrogen-bond acceptors (Lipinski definition) is 3. The largest absolute Gasteiger partial charge is 0.307 e. The molecule has 3 heteroatoms. The van der Waals surface area contributed by atoms with Crippen molar-refractivity contribution in [3.05, 3.63) is 235 Å². The maximum Gasteiger partial charge on any atom is 0.0714 e. The van der Waals surface area contributed by atoms with E-state index >= 15 is 0 Å². The molecule has 12 aromatic rings. The summed E-state index contributed by atoms with van der Waals surface area (Å²) in [4.78, 5) is 2.61. The summed E-state index contributed by atoms with van der Waals surface area (Å²) in [6, 6.07) is 79.2. The molecule has 13 rings (SSSR count). The minimum Gasteiger partial charge on any atom is -0.307 e. The van der Waals surface area contributed by atoms with E-state index in [0.29, 0.717) is 0 Å². The lowest BCUT2D eigenvalue weighted by Gasteiger charge is -2.34. The van der Waals surface area contributed by atoms with Gasteiger partial charge in [-0.2, -0.15) is 0 Å². The van der Waals surface area contributed by atoms with Gasteiger partial charge in [0.15, 0.2) is 0 Å². The number of benzene rings is 10. The molecule has 0 spiro atoms. The molecule has 0 N–H and O–H groups in total. The molecular formula is C57H35NS2. The molecule has 2 aromatic heterocycles. The molecule has 0 unspecified atom stereocenters. The van der Waals surface area contributed by atoms with Gasteiger partial charge in [-0.3, -0.25) is 0 Å². The van der Waals surface area contributed by atoms with Crippen LogP contribution in [0.15, 0.2) is 212 Å². The van der Waals surface area contributed by atoms with Gasteiger partial charge in [0.2, 0.25) is 0 Å². The van der Waals surface area contributed by atoms with E-state index in [2.05, 4.69) is 217 Å². The number of rotatable bonds is 5. The summed E-state index contributed by atoms with van der Waals surface area (Å²) >= 11 is 3.84. The second-order valence-corrected chi connectivity index (χ2v) is 17.9. The maximum atomic E-state index is 2.61. The summed E-state index contributed by atoms with van der Waals surface area (Å²) in [7, 11) is 0. The van der Waals surface area contributed by atoms with Crippen LogP contribution in [0.5, 0.6) is 0 Å². The van der Waals surface area contributed by atoms with Crippen LogP contribution in [-0.2, 0) is 5.41 Å². The van der Waals surface area contributed by atoms with E-state index in [4.69, 9.17) is 0 Å². The fourth-order valence-corrected chi connectivity index (χ4v) is 13.1. The SMILES string of the molecule is c1ccc(C2(c3ccccc3)c3ccccc3-c3c(N(c4cccc5c4sc4c6ccccc6ccc54)c4cccc5c4sc4c6ccccc6ccc54)cccc32)cc1. The van der Waals surface area contributed by atoms with E-state index in [1.807, 2.05) is 22.7 Å².